The monoisotopic (exact) mass is 286 g/mol. The Labute approximate surface area is 111 Å². The lowest BCUT2D eigenvalue weighted by atomic mass is 10.3. The summed E-state index contributed by atoms with van der Waals surface area (Å²) in [6.45, 7) is 2.63. The molecule has 104 valence electrons. The van der Waals surface area contributed by atoms with E-state index in [1.165, 1.54) is 24.3 Å². The number of ether oxygens (including phenoxy) is 1. The summed E-state index contributed by atoms with van der Waals surface area (Å²) < 4.78 is 33.0. The van der Waals surface area contributed by atoms with E-state index in [0.29, 0.717) is 0 Å². The smallest absolute Gasteiger partial charge is 0.344 e. The van der Waals surface area contributed by atoms with Gasteiger partial charge in [0.25, 0.3) is 10.1 Å². The Hall–Kier alpha value is -1.73. The van der Waals surface area contributed by atoms with E-state index < -0.39 is 28.0 Å². The Bertz CT molecular complexity index is 549. The minimum absolute atomic E-state index is 0.0252. The molecule has 1 atom stereocenters. The molecule has 0 heterocycles. The molecule has 0 aliphatic heterocycles. The van der Waals surface area contributed by atoms with Gasteiger partial charge in [-0.25, -0.2) is 8.98 Å². The summed E-state index contributed by atoms with van der Waals surface area (Å²) in [5.74, 6) is -1.76. The molecule has 0 fully saturated rings. The topological polar surface area (TPSA) is 86.7 Å². The molecule has 0 spiro atoms. The number of hydrogen-bond donors (Lipinski definition) is 0. The van der Waals surface area contributed by atoms with Crippen LogP contribution in [0.15, 0.2) is 35.2 Å². The highest BCUT2D eigenvalue weighted by atomic mass is 32.2. The van der Waals surface area contributed by atoms with Gasteiger partial charge in [0.15, 0.2) is 5.78 Å². The van der Waals surface area contributed by atoms with Crippen LogP contribution in [-0.2, 0) is 28.6 Å². The fraction of sp³-hybridized carbons (Fsp3) is 0.333. The van der Waals surface area contributed by atoms with Gasteiger partial charge in [0.2, 0.25) is 6.10 Å². The molecule has 0 radical (unpaired) electrons. The fourth-order valence-electron chi connectivity index (χ4n) is 1.26. The minimum atomic E-state index is -4.19. The Kier molecular flexibility index (Phi) is 5.20. The molecule has 6 nitrogen and oxygen atoms in total. The zero-order valence-electron chi connectivity index (χ0n) is 10.5. The Morgan fingerprint density at radius 3 is 2.26 bits per heavy atom. The fourth-order valence-corrected chi connectivity index (χ4v) is 2.33. The minimum Gasteiger partial charge on any atom is -0.464 e. The maximum atomic E-state index is 11.9. The summed E-state index contributed by atoms with van der Waals surface area (Å²) in [4.78, 5) is 22.6. The molecule has 1 aromatic carbocycles. The summed E-state index contributed by atoms with van der Waals surface area (Å²) in [6, 6.07) is 7.24. The molecule has 0 aliphatic rings. The molecule has 0 bridgehead atoms. The van der Waals surface area contributed by atoms with E-state index in [2.05, 4.69) is 8.92 Å². The van der Waals surface area contributed by atoms with Gasteiger partial charge in [-0.3, -0.25) is 4.79 Å². The van der Waals surface area contributed by atoms with Crippen LogP contribution in [0.2, 0.25) is 0 Å². The zero-order valence-corrected chi connectivity index (χ0v) is 11.3. The van der Waals surface area contributed by atoms with Gasteiger partial charge in [-0.05, 0) is 26.0 Å². The third-order valence-electron chi connectivity index (χ3n) is 2.12. The zero-order chi connectivity index (χ0) is 14.5. The van der Waals surface area contributed by atoms with Crippen molar-refractivity contribution in [3.8, 4) is 0 Å². The first-order valence-corrected chi connectivity index (χ1v) is 6.94. The van der Waals surface area contributed by atoms with Gasteiger partial charge in [0, 0.05) is 0 Å². The van der Waals surface area contributed by atoms with E-state index in [1.807, 2.05) is 0 Å². The van der Waals surface area contributed by atoms with Crippen molar-refractivity contribution in [3.63, 3.8) is 0 Å². The van der Waals surface area contributed by atoms with Crippen LogP contribution in [0.5, 0.6) is 0 Å². The van der Waals surface area contributed by atoms with Gasteiger partial charge >= 0.3 is 5.97 Å². The lowest BCUT2D eigenvalue weighted by Crippen LogP contribution is -2.35. The van der Waals surface area contributed by atoms with E-state index in [9.17, 15) is 18.0 Å². The van der Waals surface area contributed by atoms with Crippen LogP contribution >= 0.6 is 0 Å². The molecule has 0 N–H and O–H groups in total. The van der Waals surface area contributed by atoms with Crippen LogP contribution in [0.4, 0.5) is 0 Å². The Morgan fingerprint density at radius 1 is 1.21 bits per heavy atom. The molecular formula is C12H14O6S. The average molecular weight is 286 g/mol. The second kappa shape index (κ2) is 6.44. The molecular weight excluding hydrogens is 272 g/mol. The molecule has 0 aliphatic carbocycles. The molecule has 0 saturated heterocycles. The summed E-state index contributed by atoms with van der Waals surface area (Å²) in [5, 5.41) is 0. The number of Topliss-reactive ketones (excluding diaryl/α,β-unsaturated/α-hetero) is 1. The van der Waals surface area contributed by atoms with Crippen molar-refractivity contribution in [2.75, 3.05) is 6.61 Å². The van der Waals surface area contributed by atoms with Gasteiger partial charge in [0.1, 0.15) is 0 Å². The van der Waals surface area contributed by atoms with E-state index in [-0.39, 0.29) is 11.5 Å². The standard InChI is InChI=1S/C12H14O6S/c1-3-17-12(14)11(9(2)13)18-19(15,16)10-7-5-4-6-8-10/h4-8,11H,3H2,1-2H3. The van der Waals surface area contributed by atoms with Crippen LogP contribution in [0.1, 0.15) is 13.8 Å². The predicted octanol–water partition coefficient (Wildman–Crippen LogP) is 0.913. The normalized spacial score (nSPS) is 12.7. The third kappa shape index (κ3) is 4.15. The summed E-state index contributed by atoms with van der Waals surface area (Å²) in [6.07, 6.45) is -1.77. The van der Waals surface area contributed by atoms with Crippen molar-refractivity contribution in [3.05, 3.63) is 30.3 Å². The van der Waals surface area contributed by atoms with Gasteiger partial charge < -0.3 is 4.74 Å². The van der Waals surface area contributed by atoms with Crippen molar-refractivity contribution in [1.82, 2.24) is 0 Å². The van der Waals surface area contributed by atoms with E-state index in [0.717, 1.165) is 6.92 Å². The number of ketones is 1. The second-order valence-electron chi connectivity index (χ2n) is 3.61. The largest absolute Gasteiger partial charge is 0.464 e. The lowest BCUT2D eigenvalue weighted by molar-refractivity contribution is -0.154. The maximum absolute atomic E-state index is 11.9. The molecule has 0 saturated carbocycles. The quantitative estimate of drug-likeness (QED) is 0.439. The van der Waals surface area contributed by atoms with Crippen molar-refractivity contribution in [1.29, 1.82) is 0 Å². The van der Waals surface area contributed by atoms with Crippen LogP contribution in [0, 0.1) is 0 Å². The van der Waals surface area contributed by atoms with E-state index >= 15 is 0 Å². The highest BCUT2D eigenvalue weighted by molar-refractivity contribution is 7.86. The first-order valence-electron chi connectivity index (χ1n) is 5.54. The highest BCUT2D eigenvalue weighted by Gasteiger charge is 2.32. The van der Waals surface area contributed by atoms with Crippen molar-refractivity contribution < 1.29 is 26.9 Å². The van der Waals surface area contributed by atoms with Crippen molar-refractivity contribution in [2.24, 2.45) is 0 Å². The molecule has 19 heavy (non-hydrogen) atoms. The number of rotatable bonds is 6. The number of carbonyl (C=O) groups excluding carboxylic acids is 2. The number of esters is 1. The highest BCUT2D eigenvalue weighted by Crippen LogP contribution is 2.14. The lowest BCUT2D eigenvalue weighted by Gasteiger charge is -2.13. The summed E-state index contributed by atoms with van der Waals surface area (Å²) >= 11 is 0. The van der Waals surface area contributed by atoms with Gasteiger partial charge in [-0.15, -0.1) is 0 Å². The van der Waals surface area contributed by atoms with E-state index in [1.54, 1.807) is 13.0 Å². The molecule has 7 heteroatoms. The van der Waals surface area contributed by atoms with Gasteiger partial charge in [-0.2, -0.15) is 8.42 Å². The van der Waals surface area contributed by atoms with Crippen molar-refractivity contribution >= 4 is 21.9 Å². The Morgan fingerprint density at radius 2 is 1.79 bits per heavy atom. The predicted molar refractivity (Wildman–Crippen MR) is 65.8 cm³/mol. The number of carbonyl (C=O) groups is 2. The Balaban J connectivity index is 2.97. The average Bonchev–Trinajstić information content (AvgIpc) is 2.37. The molecule has 1 unspecified atom stereocenters. The van der Waals surface area contributed by atoms with Crippen LogP contribution in [0.25, 0.3) is 0 Å². The molecule has 0 aromatic heterocycles. The van der Waals surface area contributed by atoms with Crippen LogP contribution in [-0.4, -0.2) is 32.9 Å². The maximum Gasteiger partial charge on any atom is 0.344 e. The number of hydrogen-bond acceptors (Lipinski definition) is 6. The number of benzene rings is 1. The first-order chi connectivity index (χ1) is 8.88. The van der Waals surface area contributed by atoms with Crippen LogP contribution < -0.4 is 0 Å². The van der Waals surface area contributed by atoms with Gasteiger partial charge in [0.05, 0.1) is 11.5 Å². The first kappa shape index (κ1) is 15.3. The molecule has 1 aromatic rings. The SMILES string of the molecule is CCOC(=O)C(OS(=O)(=O)c1ccccc1)C(C)=O. The van der Waals surface area contributed by atoms with Gasteiger partial charge in [-0.1, -0.05) is 18.2 Å². The molecule has 1 rings (SSSR count). The third-order valence-corrected chi connectivity index (χ3v) is 3.42. The second-order valence-corrected chi connectivity index (χ2v) is 5.18. The summed E-state index contributed by atoms with van der Waals surface area (Å²) in [5.41, 5.74) is 0. The molecule has 0 amide bonds. The van der Waals surface area contributed by atoms with E-state index in [4.69, 9.17) is 0 Å². The van der Waals surface area contributed by atoms with Crippen molar-refractivity contribution in [2.45, 2.75) is 24.8 Å². The summed E-state index contributed by atoms with van der Waals surface area (Å²) in [7, 11) is -4.19. The van der Waals surface area contributed by atoms with Crippen LogP contribution in [0.3, 0.4) is 0 Å².